The van der Waals surface area contributed by atoms with Gasteiger partial charge in [0.2, 0.25) is 0 Å². The van der Waals surface area contributed by atoms with E-state index < -0.39 is 0 Å². The molecule has 0 radical (unpaired) electrons. The molecule has 0 aromatic heterocycles. The van der Waals surface area contributed by atoms with Crippen molar-refractivity contribution in [3.05, 3.63) is 29.3 Å². The zero-order chi connectivity index (χ0) is 11.8. The van der Waals surface area contributed by atoms with E-state index in [1.807, 2.05) is 6.92 Å². The summed E-state index contributed by atoms with van der Waals surface area (Å²) in [5, 5.41) is 9.46. The van der Waals surface area contributed by atoms with Crippen LogP contribution in [-0.4, -0.2) is 24.3 Å². The number of fused-ring (bicyclic) bond motifs is 1. The molecule has 1 unspecified atom stereocenters. The third-order valence-corrected chi connectivity index (χ3v) is 3.85. The van der Waals surface area contributed by atoms with E-state index in [9.17, 15) is 5.11 Å². The topological polar surface area (TPSA) is 23.5 Å². The van der Waals surface area contributed by atoms with Gasteiger partial charge in [-0.05, 0) is 55.7 Å². The Bertz CT molecular complexity index is 409. The number of aliphatic hydroxyl groups excluding tert-OH is 1. The third kappa shape index (κ3) is 2.47. The zero-order valence-corrected chi connectivity index (χ0v) is 10.5. The molecule has 1 aliphatic carbocycles. The molecule has 3 rings (SSSR count). The first-order valence-electron chi connectivity index (χ1n) is 6.77. The highest BCUT2D eigenvalue weighted by atomic mass is 16.3. The first-order chi connectivity index (χ1) is 8.22. The second-order valence-electron chi connectivity index (χ2n) is 5.66. The fourth-order valence-electron chi connectivity index (χ4n) is 2.76. The van der Waals surface area contributed by atoms with Crippen LogP contribution in [0.4, 0.5) is 5.69 Å². The van der Waals surface area contributed by atoms with Gasteiger partial charge in [-0.2, -0.15) is 0 Å². The van der Waals surface area contributed by atoms with Gasteiger partial charge in [0.1, 0.15) is 0 Å². The molecule has 1 atom stereocenters. The summed E-state index contributed by atoms with van der Waals surface area (Å²) in [5.41, 5.74) is 4.18. The van der Waals surface area contributed by atoms with E-state index in [0.29, 0.717) is 0 Å². The van der Waals surface area contributed by atoms with Crippen molar-refractivity contribution in [2.24, 2.45) is 5.92 Å². The van der Waals surface area contributed by atoms with Crippen molar-refractivity contribution in [2.75, 3.05) is 18.0 Å². The van der Waals surface area contributed by atoms with E-state index in [-0.39, 0.29) is 6.10 Å². The van der Waals surface area contributed by atoms with E-state index in [1.54, 1.807) is 0 Å². The van der Waals surface area contributed by atoms with Crippen LogP contribution in [0.2, 0.25) is 0 Å². The van der Waals surface area contributed by atoms with Gasteiger partial charge in [-0.1, -0.05) is 12.1 Å². The largest absolute Gasteiger partial charge is 0.393 e. The fraction of sp³-hybridized carbons (Fsp3) is 0.600. The summed E-state index contributed by atoms with van der Waals surface area (Å²) in [6.45, 7) is 4.28. The average molecular weight is 231 g/mol. The standard InChI is InChI=1S/C15H21NO/c1-11(17)8-13-4-5-14-6-7-16(15(14)9-13)10-12-2-3-12/h4-5,9,11-12,17H,2-3,6-8,10H2,1H3. The van der Waals surface area contributed by atoms with Gasteiger partial charge >= 0.3 is 0 Å². The number of nitrogens with zero attached hydrogens (tertiary/aromatic N) is 1. The SMILES string of the molecule is CC(O)Cc1ccc2c(c1)N(CC1CC1)CC2. The molecule has 1 aromatic carbocycles. The van der Waals surface area contributed by atoms with Crippen molar-refractivity contribution in [3.63, 3.8) is 0 Å². The molecule has 0 saturated heterocycles. The van der Waals surface area contributed by atoms with Crippen LogP contribution in [0.1, 0.15) is 30.9 Å². The van der Waals surface area contributed by atoms with Crippen LogP contribution in [0.3, 0.4) is 0 Å². The Hall–Kier alpha value is -1.02. The van der Waals surface area contributed by atoms with E-state index in [4.69, 9.17) is 0 Å². The molecule has 1 heterocycles. The number of aliphatic hydroxyl groups is 1. The summed E-state index contributed by atoms with van der Waals surface area (Å²) in [5.74, 6) is 0.946. The maximum atomic E-state index is 9.46. The van der Waals surface area contributed by atoms with Crippen LogP contribution in [0.25, 0.3) is 0 Å². The van der Waals surface area contributed by atoms with Crippen molar-refractivity contribution >= 4 is 5.69 Å². The number of hydrogen-bond donors (Lipinski definition) is 1. The highest BCUT2D eigenvalue weighted by molar-refractivity contribution is 5.59. The minimum Gasteiger partial charge on any atom is -0.393 e. The molecule has 1 aliphatic heterocycles. The maximum absolute atomic E-state index is 9.46. The smallest absolute Gasteiger partial charge is 0.0552 e. The van der Waals surface area contributed by atoms with Crippen LogP contribution in [-0.2, 0) is 12.8 Å². The Balaban J connectivity index is 1.79. The molecule has 0 amide bonds. The molecule has 2 aliphatic rings. The van der Waals surface area contributed by atoms with Crippen molar-refractivity contribution in [1.82, 2.24) is 0 Å². The molecule has 92 valence electrons. The summed E-state index contributed by atoms with van der Waals surface area (Å²) >= 11 is 0. The normalized spacial score (nSPS) is 20.5. The highest BCUT2D eigenvalue weighted by Gasteiger charge is 2.27. The van der Waals surface area contributed by atoms with Crippen LogP contribution in [0, 0.1) is 5.92 Å². The molecular weight excluding hydrogens is 210 g/mol. The molecule has 1 fully saturated rings. The molecule has 0 bridgehead atoms. The first kappa shape index (κ1) is 11.1. The Morgan fingerprint density at radius 1 is 1.41 bits per heavy atom. The van der Waals surface area contributed by atoms with Gasteiger partial charge in [0.15, 0.2) is 0 Å². The Kier molecular flexibility index (Phi) is 2.83. The maximum Gasteiger partial charge on any atom is 0.0552 e. The molecular formula is C15H21NO. The molecule has 0 spiro atoms. The second kappa shape index (κ2) is 4.34. The zero-order valence-electron chi connectivity index (χ0n) is 10.5. The molecule has 2 nitrogen and oxygen atoms in total. The fourth-order valence-corrected chi connectivity index (χ4v) is 2.76. The number of anilines is 1. The molecule has 1 aromatic rings. The summed E-state index contributed by atoms with van der Waals surface area (Å²) in [6, 6.07) is 6.71. The van der Waals surface area contributed by atoms with Crippen molar-refractivity contribution in [2.45, 2.75) is 38.7 Å². The van der Waals surface area contributed by atoms with Crippen LogP contribution in [0.5, 0.6) is 0 Å². The van der Waals surface area contributed by atoms with E-state index in [0.717, 1.165) is 12.3 Å². The van der Waals surface area contributed by atoms with Gasteiger partial charge in [0.25, 0.3) is 0 Å². The van der Waals surface area contributed by atoms with Gasteiger partial charge < -0.3 is 10.0 Å². The lowest BCUT2D eigenvalue weighted by molar-refractivity contribution is 0.195. The average Bonchev–Trinajstić information content (AvgIpc) is 3.00. The Morgan fingerprint density at radius 3 is 2.94 bits per heavy atom. The first-order valence-corrected chi connectivity index (χ1v) is 6.77. The minimum absolute atomic E-state index is 0.244. The van der Waals surface area contributed by atoms with Gasteiger partial charge in [0.05, 0.1) is 6.10 Å². The van der Waals surface area contributed by atoms with Gasteiger partial charge in [0, 0.05) is 18.8 Å². The molecule has 1 N–H and O–H groups in total. The van der Waals surface area contributed by atoms with E-state index in [2.05, 4.69) is 23.1 Å². The number of hydrogen-bond acceptors (Lipinski definition) is 2. The van der Waals surface area contributed by atoms with Gasteiger partial charge in [-0.25, -0.2) is 0 Å². The van der Waals surface area contributed by atoms with E-state index in [1.165, 1.54) is 49.2 Å². The summed E-state index contributed by atoms with van der Waals surface area (Å²) in [4.78, 5) is 2.54. The molecule has 1 saturated carbocycles. The lowest BCUT2D eigenvalue weighted by Crippen LogP contribution is -2.23. The number of rotatable bonds is 4. The summed E-state index contributed by atoms with van der Waals surface area (Å²) < 4.78 is 0. The minimum atomic E-state index is -0.244. The lowest BCUT2D eigenvalue weighted by Gasteiger charge is -2.20. The Morgan fingerprint density at radius 2 is 2.24 bits per heavy atom. The summed E-state index contributed by atoms with van der Waals surface area (Å²) in [7, 11) is 0. The second-order valence-corrected chi connectivity index (χ2v) is 5.66. The van der Waals surface area contributed by atoms with Crippen molar-refractivity contribution < 1.29 is 5.11 Å². The quantitative estimate of drug-likeness (QED) is 0.860. The monoisotopic (exact) mass is 231 g/mol. The van der Waals surface area contributed by atoms with Crippen molar-refractivity contribution in [1.29, 1.82) is 0 Å². The predicted octanol–water partition coefficient (Wildman–Crippen LogP) is 2.38. The predicted molar refractivity (Wildman–Crippen MR) is 70.5 cm³/mol. The number of benzene rings is 1. The highest BCUT2D eigenvalue weighted by Crippen LogP contribution is 2.35. The van der Waals surface area contributed by atoms with Crippen LogP contribution < -0.4 is 4.90 Å². The van der Waals surface area contributed by atoms with Gasteiger partial charge in [-0.3, -0.25) is 0 Å². The molecule has 2 heteroatoms. The molecule has 17 heavy (non-hydrogen) atoms. The lowest BCUT2D eigenvalue weighted by atomic mass is 10.0. The van der Waals surface area contributed by atoms with Crippen LogP contribution >= 0.6 is 0 Å². The van der Waals surface area contributed by atoms with Crippen LogP contribution in [0.15, 0.2) is 18.2 Å². The van der Waals surface area contributed by atoms with Crippen molar-refractivity contribution in [3.8, 4) is 0 Å². The third-order valence-electron chi connectivity index (χ3n) is 3.85. The van der Waals surface area contributed by atoms with Gasteiger partial charge in [-0.15, -0.1) is 0 Å². The van der Waals surface area contributed by atoms with E-state index >= 15 is 0 Å². The Labute approximate surface area is 103 Å². The summed E-state index contributed by atoms with van der Waals surface area (Å²) in [6.07, 6.45) is 4.55.